The minimum absolute atomic E-state index is 0.535. The summed E-state index contributed by atoms with van der Waals surface area (Å²) < 4.78 is 11.3. The lowest BCUT2D eigenvalue weighted by molar-refractivity contribution is 0.468. The van der Waals surface area contributed by atoms with E-state index in [0.717, 1.165) is 39.1 Å². The van der Waals surface area contributed by atoms with Crippen LogP contribution >= 0.6 is 0 Å². The molecule has 4 aromatic rings. The molecule has 3 heterocycles. The first-order valence-corrected chi connectivity index (χ1v) is 7.60. The normalized spacial score (nSPS) is 10.9. The highest BCUT2D eigenvalue weighted by atomic mass is 16.5. The molecule has 0 saturated carbocycles. The van der Waals surface area contributed by atoms with Crippen LogP contribution in [0.25, 0.3) is 22.1 Å². The Morgan fingerprint density at radius 2 is 1.92 bits per heavy atom. The molecule has 0 bridgehead atoms. The molecule has 0 unspecified atom stereocenters. The van der Waals surface area contributed by atoms with E-state index < -0.39 is 0 Å². The van der Waals surface area contributed by atoms with Crippen molar-refractivity contribution in [1.29, 1.82) is 0 Å². The zero-order chi connectivity index (χ0) is 16.5. The van der Waals surface area contributed by atoms with E-state index in [1.807, 2.05) is 50.4 Å². The first-order chi connectivity index (χ1) is 11.7. The summed E-state index contributed by atoms with van der Waals surface area (Å²) in [6.07, 6.45) is 6.70. The van der Waals surface area contributed by atoms with Gasteiger partial charge in [-0.2, -0.15) is 0 Å². The molecule has 0 aliphatic heterocycles. The molecule has 5 nitrogen and oxygen atoms in total. The van der Waals surface area contributed by atoms with Crippen LogP contribution in [0.5, 0.6) is 11.6 Å². The monoisotopic (exact) mass is 317 g/mol. The van der Waals surface area contributed by atoms with E-state index in [0.29, 0.717) is 5.88 Å². The minimum atomic E-state index is 0.535. The van der Waals surface area contributed by atoms with Crippen molar-refractivity contribution in [3.8, 4) is 22.8 Å². The van der Waals surface area contributed by atoms with Gasteiger partial charge in [-0.25, -0.2) is 15.0 Å². The number of nitrogens with zero attached hydrogens (tertiary/aromatic N) is 3. The van der Waals surface area contributed by atoms with Crippen LogP contribution in [0.15, 0.2) is 59.7 Å². The molecule has 0 aliphatic carbocycles. The van der Waals surface area contributed by atoms with Crippen molar-refractivity contribution in [2.45, 2.75) is 13.8 Å². The minimum Gasteiger partial charge on any atom is -0.464 e. The number of aromatic nitrogens is 3. The van der Waals surface area contributed by atoms with Crippen LogP contribution < -0.4 is 4.74 Å². The maximum atomic E-state index is 5.95. The van der Waals surface area contributed by atoms with E-state index in [4.69, 9.17) is 9.15 Å². The summed E-state index contributed by atoms with van der Waals surface area (Å²) in [6, 6.07) is 9.60. The summed E-state index contributed by atoms with van der Waals surface area (Å²) in [5.41, 5.74) is 4.91. The fraction of sp³-hybridized carbons (Fsp3) is 0.105. The van der Waals surface area contributed by atoms with Crippen LogP contribution in [0.3, 0.4) is 0 Å². The van der Waals surface area contributed by atoms with Gasteiger partial charge in [-0.15, -0.1) is 0 Å². The Morgan fingerprint density at radius 3 is 2.75 bits per heavy atom. The lowest BCUT2D eigenvalue weighted by atomic mass is 10.0. The van der Waals surface area contributed by atoms with Crippen LogP contribution in [0, 0.1) is 13.8 Å². The molecule has 0 N–H and O–H groups in total. The van der Waals surface area contributed by atoms with Gasteiger partial charge in [0.15, 0.2) is 0 Å². The molecule has 0 spiro atoms. The van der Waals surface area contributed by atoms with Crippen LogP contribution in [-0.4, -0.2) is 15.0 Å². The molecule has 3 aromatic heterocycles. The number of ether oxygens (including phenoxy) is 1. The lowest BCUT2D eigenvalue weighted by Crippen LogP contribution is -1.93. The molecule has 118 valence electrons. The van der Waals surface area contributed by atoms with Gasteiger partial charge in [0.05, 0.1) is 11.6 Å². The number of hydrogen-bond donors (Lipinski definition) is 0. The van der Waals surface area contributed by atoms with Crippen molar-refractivity contribution in [3.05, 3.63) is 66.6 Å². The molecule has 4 rings (SSSR count). The standard InChI is InChI=1S/C19H15N3O2/c1-12-9-14(3-4-15(12)17-10-20-11-22-13(17)2)24-19-16-6-8-23-18(16)5-7-21-19/h3-11H,1-2H3. The van der Waals surface area contributed by atoms with Gasteiger partial charge in [0, 0.05) is 23.7 Å². The number of furan rings is 1. The van der Waals surface area contributed by atoms with E-state index in [1.165, 1.54) is 0 Å². The van der Waals surface area contributed by atoms with Gasteiger partial charge in [0.1, 0.15) is 17.7 Å². The van der Waals surface area contributed by atoms with Crippen molar-refractivity contribution in [2.24, 2.45) is 0 Å². The van der Waals surface area contributed by atoms with Crippen LogP contribution in [0.4, 0.5) is 0 Å². The van der Waals surface area contributed by atoms with Gasteiger partial charge in [-0.3, -0.25) is 0 Å². The van der Waals surface area contributed by atoms with E-state index in [2.05, 4.69) is 15.0 Å². The first kappa shape index (κ1) is 14.4. The number of fused-ring (bicyclic) bond motifs is 1. The lowest BCUT2D eigenvalue weighted by Gasteiger charge is -2.11. The second kappa shape index (κ2) is 5.77. The van der Waals surface area contributed by atoms with Gasteiger partial charge in [0.2, 0.25) is 5.88 Å². The molecule has 24 heavy (non-hydrogen) atoms. The molecule has 0 fully saturated rings. The highest BCUT2D eigenvalue weighted by Crippen LogP contribution is 2.32. The smallest absolute Gasteiger partial charge is 0.230 e. The van der Waals surface area contributed by atoms with Crippen molar-refractivity contribution in [1.82, 2.24) is 15.0 Å². The van der Waals surface area contributed by atoms with Gasteiger partial charge in [0.25, 0.3) is 0 Å². The third kappa shape index (κ3) is 2.50. The summed E-state index contributed by atoms with van der Waals surface area (Å²) >= 11 is 0. The second-order valence-electron chi connectivity index (χ2n) is 5.55. The SMILES string of the molecule is Cc1cc(Oc2nccc3occc23)ccc1-c1cncnc1C. The molecule has 5 heteroatoms. The van der Waals surface area contributed by atoms with Gasteiger partial charge in [-0.05, 0) is 49.2 Å². The Bertz CT molecular complexity index is 1020. The molecular weight excluding hydrogens is 302 g/mol. The number of hydrogen-bond acceptors (Lipinski definition) is 5. The van der Waals surface area contributed by atoms with E-state index in [1.54, 1.807) is 18.8 Å². The summed E-state index contributed by atoms with van der Waals surface area (Å²) in [4.78, 5) is 12.7. The summed E-state index contributed by atoms with van der Waals surface area (Å²) in [5.74, 6) is 1.26. The quantitative estimate of drug-likeness (QED) is 0.548. The second-order valence-corrected chi connectivity index (χ2v) is 5.55. The third-order valence-corrected chi connectivity index (χ3v) is 3.96. The zero-order valence-electron chi connectivity index (χ0n) is 13.4. The number of benzene rings is 1. The van der Waals surface area contributed by atoms with Crippen molar-refractivity contribution in [3.63, 3.8) is 0 Å². The molecular formula is C19H15N3O2. The predicted molar refractivity (Wildman–Crippen MR) is 91.0 cm³/mol. The molecule has 1 aromatic carbocycles. The van der Waals surface area contributed by atoms with Crippen molar-refractivity contribution in [2.75, 3.05) is 0 Å². The number of rotatable bonds is 3. The molecule has 0 amide bonds. The van der Waals surface area contributed by atoms with Crippen LogP contribution in [-0.2, 0) is 0 Å². The topological polar surface area (TPSA) is 61.0 Å². The van der Waals surface area contributed by atoms with Gasteiger partial charge < -0.3 is 9.15 Å². The van der Waals surface area contributed by atoms with E-state index in [9.17, 15) is 0 Å². The van der Waals surface area contributed by atoms with E-state index >= 15 is 0 Å². The number of pyridine rings is 1. The number of aryl methyl sites for hydroxylation is 2. The Hall–Kier alpha value is -3.21. The molecule has 0 saturated heterocycles. The van der Waals surface area contributed by atoms with Crippen LogP contribution in [0.2, 0.25) is 0 Å². The predicted octanol–water partition coefficient (Wildman–Crippen LogP) is 4.69. The average molecular weight is 317 g/mol. The third-order valence-electron chi connectivity index (χ3n) is 3.96. The summed E-state index contributed by atoms with van der Waals surface area (Å²) in [5, 5.41) is 0.853. The largest absolute Gasteiger partial charge is 0.464 e. The van der Waals surface area contributed by atoms with Crippen LogP contribution in [0.1, 0.15) is 11.3 Å². The Kier molecular flexibility index (Phi) is 3.46. The maximum absolute atomic E-state index is 5.95. The summed E-state index contributed by atoms with van der Waals surface area (Å²) in [6.45, 7) is 4.02. The highest BCUT2D eigenvalue weighted by molar-refractivity contribution is 5.82. The fourth-order valence-electron chi connectivity index (χ4n) is 2.72. The highest BCUT2D eigenvalue weighted by Gasteiger charge is 2.10. The summed E-state index contributed by atoms with van der Waals surface area (Å²) in [7, 11) is 0. The fourth-order valence-corrected chi connectivity index (χ4v) is 2.72. The molecule has 0 atom stereocenters. The Balaban J connectivity index is 1.70. The average Bonchev–Trinajstić information content (AvgIpc) is 3.06. The Morgan fingerprint density at radius 1 is 1.00 bits per heavy atom. The van der Waals surface area contributed by atoms with Gasteiger partial charge >= 0.3 is 0 Å². The first-order valence-electron chi connectivity index (χ1n) is 7.60. The van der Waals surface area contributed by atoms with Crippen molar-refractivity contribution >= 4 is 11.0 Å². The molecule has 0 aliphatic rings. The molecule has 0 radical (unpaired) electrons. The van der Waals surface area contributed by atoms with E-state index in [-0.39, 0.29) is 0 Å². The Labute approximate surface area is 139 Å². The van der Waals surface area contributed by atoms with Crippen molar-refractivity contribution < 1.29 is 9.15 Å². The maximum Gasteiger partial charge on any atom is 0.230 e. The zero-order valence-corrected chi connectivity index (χ0v) is 13.4. The van der Waals surface area contributed by atoms with Gasteiger partial charge in [-0.1, -0.05) is 6.07 Å².